The molecule has 2 aromatic carbocycles. The van der Waals surface area contributed by atoms with Gasteiger partial charge in [0.15, 0.2) is 8.32 Å². The zero-order chi connectivity index (χ0) is 22.6. The van der Waals surface area contributed by atoms with Crippen molar-refractivity contribution in [3.05, 3.63) is 60.7 Å². The first-order valence-electron chi connectivity index (χ1n) is 10.7. The van der Waals surface area contributed by atoms with Crippen molar-refractivity contribution in [2.24, 2.45) is 0 Å². The molecule has 0 aliphatic rings. The SMILES string of the molecule is C#CC(CO[Si](c1ccccc1)(c1ccccc1)C(C)(C)C)O[Si](C)(C)C(C)(C)C. The summed E-state index contributed by atoms with van der Waals surface area (Å²) in [6.07, 6.45) is 5.57. The zero-order valence-corrected chi connectivity index (χ0v) is 22.0. The van der Waals surface area contributed by atoms with E-state index in [1.165, 1.54) is 10.4 Å². The standard InChI is InChI=1S/C26H38O2Si2/c1-10-22(28-29(8,9)25(2,3)4)21-27-30(26(5,6)7,23-17-13-11-14-18-23)24-19-15-12-16-20-24/h1,11-20,22H,21H2,2-9H3. The fraction of sp³-hybridized carbons (Fsp3) is 0.462. The number of hydrogen-bond acceptors (Lipinski definition) is 2. The van der Waals surface area contributed by atoms with Crippen LogP contribution >= 0.6 is 0 Å². The molecule has 162 valence electrons. The highest BCUT2D eigenvalue weighted by atomic mass is 28.4. The maximum atomic E-state index is 6.97. The number of benzene rings is 2. The summed E-state index contributed by atoms with van der Waals surface area (Å²) in [5.41, 5.74) is 0. The third kappa shape index (κ3) is 5.15. The van der Waals surface area contributed by atoms with Crippen LogP contribution in [0.15, 0.2) is 60.7 Å². The minimum absolute atomic E-state index is 0.0776. The lowest BCUT2D eigenvalue weighted by molar-refractivity contribution is 0.150. The summed E-state index contributed by atoms with van der Waals surface area (Å²) in [6, 6.07) is 21.3. The Balaban J connectivity index is 2.48. The van der Waals surface area contributed by atoms with E-state index < -0.39 is 16.6 Å². The van der Waals surface area contributed by atoms with Crippen molar-refractivity contribution in [3.63, 3.8) is 0 Å². The molecule has 1 atom stereocenters. The van der Waals surface area contributed by atoms with Crippen LogP contribution in [0.4, 0.5) is 0 Å². The van der Waals surface area contributed by atoms with Gasteiger partial charge in [0, 0.05) is 0 Å². The predicted octanol–water partition coefficient (Wildman–Crippen LogP) is 5.59. The minimum atomic E-state index is -2.61. The van der Waals surface area contributed by atoms with E-state index >= 15 is 0 Å². The highest BCUT2D eigenvalue weighted by Gasteiger charge is 2.50. The Kier molecular flexibility index (Phi) is 7.58. The quantitative estimate of drug-likeness (QED) is 0.414. The van der Waals surface area contributed by atoms with Crippen LogP contribution in [0.25, 0.3) is 0 Å². The Hall–Kier alpha value is -1.65. The van der Waals surface area contributed by atoms with Gasteiger partial charge >= 0.3 is 0 Å². The molecule has 0 N–H and O–H groups in total. The Morgan fingerprint density at radius 3 is 1.57 bits per heavy atom. The molecule has 1 unspecified atom stereocenters. The van der Waals surface area contributed by atoms with Crippen molar-refractivity contribution in [1.82, 2.24) is 0 Å². The molecule has 0 aliphatic carbocycles. The molecule has 0 fully saturated rings. The van der Waals surface area contributed by atoms with Gasteiger partial charge in [0.2, 0.25) is 0 Å². The lowest BCUT2D eigenvalue weighted by Crippen LogP contribution is -2.67. The highest BCUT2D eigenvalue weighted by Crippen LogP contribution is 2.39. The van der Waals surface area contributed by atoms with Crippen LogP contribution in [0.1, 0.15) is 41.5 Å². The summed E-state index contributed by atoms with van der Waals surface area (Å²) >= 11 is 0. The molecular formula is C26H38O2Si2. The van der Waals surface area contributed by atoms with E-state index in [0.29, 0.717) is 6.61 Å². The monoisotopic (exact) mass is 438 g/mol. The van der Waals surface area contributed by atoms with Crippen molar-refractivity contribution < 1.29 is 8.85 Å². The second-order valence-corrected chi connectivity index (χ2v) is 19.6. The fourth-order valence-electron chi connectivity index (χ4n) is 3.61. The van der Waals surface area contributed by atoms with Crippen LogP contribution in [0.5, 0.6) is 0 Å². The molecule has 0 bridgehead atoms. The fourth-order valence-corrected chi connectivity index (χ4v) is 9.37. The topological polar surface area (TPSA) is 18.5 Å². The van der Waals surface area contributed by atoms with Crippen molar-refractivity contribution in [2.45, 2.75) is 70.8 Å². The van der Waals surface area contributed by atoms with Crippen molar-refractivity contribution in [1.29, 1.82) is 0 Å². The molecule has 0 spiro atoms. The smallest absolute Gasteiger partial charge is 0.261 e. The minimum Gasteiger partial charge on any atom is -0.404 e. The Morgan fingerprint density at radius 2 is 1.23 bits per heavy atom. The molecule has 0 saturated heterocycles. The highest BCUT2D eigenvalue weighted by molar-refractivity contribution is 6.99. The molecule has 0 saturated carbocycles. The average Bonchev–Trinajstić information content (AvgIpc) is 2.67. The molecule has 0 aromatic heterocycles. The van der Waals surface area contributed by atoms with Crippen molar-refractivity contribution in [2.75, 3.05) is 6.61 Å². The Morgan fingerprint density at radius 1 is 0.800 bits per heavy atom. The summed E-state index contributed by atoms with van der Waals surface area (Å²) < 4.78 is 13.5. The van der Waals surface area contributed by atoms with E-state index in [-0.39, 0.29) is 16.2 Å². The molecule has 30 heavy (non-hydrogen) atoms. The molecule has 2 aromatic rings. The maximum Gasteiger partial charge on any atom is 0.261 e. The molecule has 2 nitrogen and oxygen atoms in total. The van der Waals surface area contributed by atoms with Gasteiger partial charge in [-0.1, -0.05) is 108 Å². The van der Waals surface area contributed by atoms with Crippen LogP contribution < -0.4 is 10.4 Å². The molecular weight excluding hydrogens is 400 g/mol. The van der Waals surface area contributed by atoms with E-state index in [1.54, 1.807) is 0 Å². The van der Waals surface area contributed by atoms with E-state index in [4.69, 9.17) is 15.3 Å². The Bertz CT molecular complexity index is 801. The Labute approximate surface area is 186 Å². The number of hydrogen-bond donors (Lipinski definition) is 0. The average molecular weight is 439 g/mol. The summed E-state index contributed by atoms with van der Waals surface area (Å²) in [4.78, 5) is 0. The van der Waals surface area contributed by atoms with Gasteiger partial charge in [-0.05, 0) is 33.5 Å². The third-order valence-electron chi connectivity index (χ3n) is 6.30. The van der Waals surface area contributed by atoms with E-state index in [2.05, 4.69) is 121 Å². The molecule has 0 radical (unpaired) electrons. The normalized spacial score (nSPS) is 14.2. The first-order valence-corrected chi connectivity index (χ1v) is 15.6. The van der Waals surface area contributed by atoms with Crippen LogP contribution in [-0.4, -0.2) is 29.3 Å². The third-order valence-corrected chi connectivity index (χ3v) is 15.8. The van der Waals surface area contributed by atoms with Crippen molar-refractivity contribution >= 4 is 27.0 Å². The first kappa shape index (κ1) is 24.6. The molecule has 0 heterocycles. The number of rotatable bonds is 7. The molecule has 2 rings (SSSR count). The second-order valence-electron chi connectivity index (χ2n) is 10.5. The van der Waals surface area contributed by atoms with Gasteiger partial charge in [0.25, 0.3) is 8.32 Å². The first-order chi connectivity index (χ1) is 13.8. The summed E-state index contributed by atoms with van der Waals surface area (Å²) in [5, 5.41) is 2.53. The van der Waals surface area contributed by atoms with Gasteiger partial charge in [-0.15, -0.1) is 6.42 Å². The molecule has 4 heteroatoms. The van der Waals surface area contributed by atoms with Gasteiger partial charge in [-0.25, -0.2) is 0 Å². The van der Waals surface area contributed by atoms with Crippen molar-refractivity contribution in [3.8, 4) is 12.3 Å². The van der Waals surface area contributed by atoms with Gasteiger partial charge in [-0.2, -0.15) is 0 Å². The lowest BCUT2D eigenvalue weighted by atomic mass is 10.2. The maximum absolute atomic E-state index is 6.97. The lowest BCUT2D eigenvalue weighted by Gasteiger charge is -2.44. The van der Waals surface area contributed by atoms with Gasteiger partial charge in [-0.3, -0.25) is 0 Å². The summed E-state index contributed by atoms with van der Waals surface area (Å²) in [6.45, 7) is 18.4. The zero-order valence-electron chi connectivity index (χ0n) is 20.0. The van der Waals surface area contributed by atoms with Crippen LogP contribution in [0.2, 0.25) is 23.2 Å². The largest absolute Gasteiger partial charge is 0.404 e. The van der Waals surface area contributed by atoms with Crippen LogP contribution in [0, 0.1) is 12.3 Å². The predicted molar refractivity (Wildman–Crippen MR) is 134 cm³/mol. The van der Waals surface area contributed by atoms with Gasteiger partial charge < -0.3 is 8.85 Å². The van der Waals surface area contributed by atoms with E-state index in [9.17, 15) is 0 Å². The number of terminal acetylenes is 1. The van der Waals surface area contributed by atoms with Crippen LogP contribution in [0.3, 0.4) is 0 Å². The van der Waals surface area contributed by atoms with Crippen LogP contribution in [-0.2, 0) is 8.85 Å². The summed E-state index contributed by atoms with van der Waals surface area (Å²) in [7, 11) is -4.61. The molecule has 0 aliphatic heterocycles. The van der Waals surface area contributed by atoms with Gasteiger partial charge in [0.05, 0.1) is 6.61 Å². The van der Waals surface area contributed by atoms with E-state index in [0.717, 1.165) is 0 Å². The second kappa shape index (κ2) is 9.24. The van der Waals surface area contributed by atoms with Gasteiger partial charge in [0.1, 0.15) is 6.10 Å². The molecule has 0 amide bonds. The van der Waals surface area contributed by atoms with E-state index in [1.807, 2.05) is 0 Å². The summed E-state index contributed by atoms with van der Waals surface area (Å²) in [5.74, 6) is 2.87.